The zero-order valence-electron chi connectivity index (χ0n) is 14.1. The normalized spacial score (nSPS) is 14.5. The summed E-state index contributed by atoms with van der Waals surface area (Å²) < 4.78 is 1.78. The lowest BCUT2D eigenvalue weighted by Gasteiger charge is -2.26. The summed E-state index contributed by atoms with van der Waals surface area (Å²) >= 11 is 0. The molecule has 3 aromatic rings. The molecule has 0 atom stereocenters. The van der Waals surface area contributed by atoms with Gasteiger partial charge in [-0.15, -0.1) is 0 Å². The van der Waals surface area contributed by atoms with E-state index in [2.05, 4.69) is 0 Å². The second kappa shape index (κ2) is 6.93. The van der Waals surface area contributed by atoms with Crippen LogP contribution in [0.5, 0.6) is 0 Å². The number of hydrogen-bond acceptors (Lipinski definition) is 2. The van der Waals surface area contributed by atoms with Crippen molar-refractivity contribution in [1.29, 1.82) is 0 Å². The molecule has 0 bridgehead atoms. The molecule has 1 amide bonds. The monoisotopic (exact) mass is 331 g/mol. The van der Waals surface area contributed by atoms with Crippen LogP contribution < -0.4 is 0 Å². The summed E-state index contributed by atoms with van der Waals surface area (Å²) in [5.74, 6) is 0.0678. The van der Waals surface area contributed by atoms with Gasteiger partial charge in [-0.3, -0.25) is 4.79 Å². The summed E-state index contributed by atoms with van der Waals surface area (Å²) in [7, 11) is 0. The van der Waals surface area contributed by atoms with Gasteiger partial charge in [0.2, 0.25) is 0 Å². The lowest BCUT2D eigenvalue weighted by molar-refractivity contribution is 0.0715. The van der Waals surface area contributed by atoms with Crippen LogP contribution in [0.15, 0.2) is 66.7 Å². The number of carbonyl (C=O) groups excluding carboxylic acids is 1. The van der Waals surface area contributed by atoms with Crippen molar-refractivity contribution in [1.82, 2.24) is 14.7 Å². The molecular weight excluding hydrogens is 310 g/mol. The molecule has 0 radical (unpaired) electrons. The minimum atomic E-state index is 0.0678. The Morgan fingerprint density at radius 2 is 1.48 bits per heavy atom. The third-order valence-electron chi connectivity index (χ3n) is 4.64. The van der Waals surface area contributed by atoms with Crippen LogP contribution in [0.3, 0.4) is 0 Å². The highest BCUT2D eigenvalue weighted by Gasteiger charge is 2.23. The van der Waals surface area contributed by atoms with Crippen LogP contribution >= 0.6 is 0 Å². The number of rotatable bonds is 3. The Morgan fingerprint density at radius 1 is 0.840 bits per heavy atom. The predicted molar refractivity (Wildman–Crippen MR) is 98.8 cm³/mol. The molecule has 0 spiro atoms. The van der Waals surface area contributed by atoms with Crippen molar-refractivity contribution in [2.45, 2.75) is 19.3 Å². The molecule has 0 saturated carbocycles. The molecule has 0 aliphatic carbocycles. The maximum Gasteiger partial charge on any atom is 0.272 e. The van der Waals surface area contributed by atoms with Crippen molar-refractivity contribution < 1.29 is 4.79 Å². The van der Waals surface area contributed by atoms with Crippen LogP contribution in [0.25, 0.3) is 16.9 Å². The molecule has 4 rings (SSSR count). The minimum absolute atomic E-state index is 0.0678. The van der Waals surface area contributed by atoms with Crippen LogP contribution in [0.2, 0.25) is 0 Å². The van der Waals surface area contributed by atoms with E-state index in [4.69, 9.17) is 5.10 Å². The van der Waals surface area contributed by atoms with E-state index in [-0.39, 0.29) is 5.91 Å². The van der Waals surface area contributed by atoms with Gasteiger partial charge < -0.3 is 4.90 Å². The highest BCUT2D eigenvalue weighted by atomic mass is 16.2. The van der Waals surface area contributed by atoms with Gasteiger partial charge in [-0.25, -0.2) is 4.68 Å². The van der Waals surface area contributed by atoms with E-state index in [1.54, 1.807) is 4.68 Å². The Hall–Kier alpha value is -2.88. The third-order valence-corrected chi connectivity index (χ3v) is 4.64. The van der Waals surface area contributed by atoms with Crippen LogP contribution in [0.4, 0.5) is 0 Å². The van der Waals surface area contributed by atoms with Crippen LogP contribution in [0, 0.1) is 0 Å². The smallest absolute Gasteiger partial charge is 0.272 e. The van der Waals surface area contributed by atoms with Gasteiger partial charge in [-0.05, 0) is 37.5 Å². The molecule has 0 unspecified atom stereocenters. The first-order valence-corrected chi connectivity index (χ1v) is 8.83. The predicted octanol–water partition coefficient (Wildman–Crippen LogP) is 4.17. The van der Waals surface area contributed by atoms with Gasteiger partial charge in [-0.2, -0.15) is 5.10 Å². The van der Waals surface area contributed by atoms with E-state index in [0.29, 0.717) is 5.69 Å². The topological polar surface area (TPSA) is 38.1 Å². The van der Waals surface area contributed by atoms with E-state index in [1.165, 1.54) is 6.42 Å². The number of nitrogens with zero attached hydrogens (tertiary/aromatic N) is 3. The van der Waals surface area contributed by atoms with E-state index < -0.39 is 0 Å². The molecule has 4 heteroatoms. The number of piperidine rings is 1. The van der Waals surface area contributed by atoms with Gasteiger partial charge in [-0.1, -0.05) is 48.5 Å². The van der Waals surface area contributed by atoms with Crippen molar-refractivity contribution >= 4 is 5.91 Å². The van der Waals surface area contributed by atoms with Gasteiger partial charge in [0.05, 0.1) is 11.4 Å². The van der Waals surface area contributed by atoms with E-state index >= 15 is 0 Å². The van der Waals surface area contributed by atoms with Gasteiger partial charge in [0, 0.05) is 18.7 Å². The van der Waals surface area contributed by atoms with Crippen molar-refractivity contribution in [3.63, 3.8) is 0 Å². The fraction of sp³-hybridized carbons (Fsp3) is 0.238. The van der Waals surface area contributed by atoms with Crippen molar-refractivity contribution in [2.24, 2.45) is 0 Å². The zero-order chi connectivity index (χ0) is 17.1. The molecule has 1 aromatic heterocycles. The summed E-state index contributed by atoms with van der Waals surface area (Å²) in [5.41, 5.74) is 3.38. The van der Waals surface area contributed by atoms with Gasteiger partial charge in [0.25, 0.3) is 5.91 Å². The first-order chi connectivity index (χ1) is 12.3. The molecule has 4 nitrogen and oxygen atoms in total. The second-order valence-electron chi connectivity index (χ2n) is 6.38. The molecule has 0 N–H and O–H groups in total. The van der Waals surface area contributed by atoms with E-state index in [1.807, 2.05) is 71.6 Å². The standard InChI is InChI=1S/C21H21N3O/c25-21(23-14-8-3-9-15-23)20-16-19(17-10-4-1-5-11-17)22-24(20)18-12-6-2-7-13-18/h1-2,4-7,10-13,16H,3,8-9,14-15H2. The SMILES string of the molecule is O=C(c1cc(-c2ccccc2)nn1-c1ccccc1)N1CCCCC1. The molecular formula is C21H21N3O. The average Bonchev–Trinajstić information content (AvgIpc) is 3.15. The van der Waals surface area contributed by atoms with Gasteiger partial charge >= 0.3 is 0 Å². The van der Waals surface area contributed by atoms with Crippen LogP contribution in [-0.4, -0.2) is 33.7 Å². The number of aromatic nitrogens is 2. The maximum absolute atomic E-state index is 13.1. The van der Waals surface area contributed by atoms with Gasteiger partial charge in [0.1, 0.15) is 5.69 Å². The molecule has 1 fully saturated rings. The molecule has 25 heavy (non-hydrogen) atoms. The number of carbonyl (C=O) groups is 1. The Morgan fingerprint density at radius 3 is 2.16 bits per heavy atom. The van der Waals surface area contributed by atoms with Crippen LogP contribution in [0.1, 0.15) is 29.8 Å². The molecule has 2 heterocycles. The second-order valence-corrected chi connectivity index (χ2v) is 6.38. The highest BCUT2D eigenvalue weighted by molar-refractivity contribution is 5.94. The molecule has 1 saturated heterocycles. The highest BCUT2D eigenvalue weighted by Crippen LogP contribution is 2.23. The molecule has 2 aromatic carbocycles. The van der Waals surface area contributed by atoms with E-state index in [0.717, 1.165) is 42.9 Å². The summed E-state index contributed by atoms with van der Waals surface area (Å²) in [6.07, 6.45) is 3.37. The lowest BCUT2D eigenvalue weighted by Crippen LogP contribution is -2.36. The summed E-state index contributed by atoms with van der Waals surface area (Å²) in [4.78, 5) is 15.1. The van der Waals surface area contributed by atoms with Crippen molar-refractivity contribution in [2.75, 3.05) is 13.1 Å². The van der Waals surface area contributed by atoms with Crippen molar-refractivity contribution in [3.8, 4) is 16.9 Å². The fourth-order valence-corrected chi connectivity index (χ4v) is 3.31. The Labute approximate surface area is 147 Å². The number of amides is 1. The zero-order valence-corrected chi connectivity index (χ0v) is 14.1. The average molecular weight is 331 g/mol. The first-order valence-electron chi connectivity index (χ1n) is 8.83. The largest absolute Gasteiger partial charge is 0.337 e. The number of benzene rings is 2. The summed E-state index contributed by atoms with van der Waals surface area (Å²) in [5, 5.41) is 4.74. The number of para-hydroxylation sites is 1. The maximum atomic E-state index is 13.1. The molecule has 126 valence electrons. The molecule has 1 aliphatic rings. The quantitative estimate of drug-likeness (QED) is 0.722. The summed E-state index contributed by atoms with van der Waals surface area (Å²) in [6.45, 7) is 1.67. The molecule has 1 aliphatic heterocycles. The van der Waals surface area contributed by atoms with Gasteiger partial charge in [0.15, 0.2) is 0 Å². The Kier molecular flexibility index (Phi) is 4.34. The third kappa shape index (κ3) is 3.20. The lowest BCUT2D eigenvalue weighted by atomic mass is 10.1. The Balaban J connectivity index is 1.78. The fourth-order valence-electron chi connectivity index (χ4n) is 3.31. The first kappa shape index (κ1) is 15.6. The van der Waals surface area contributed by atoms with Crippen LogP contribution in [-0.2, 0) is 0 Å². The summed E-state index contributed by atoms with van der Waals surface area (Å²) in [6, 6.07) is 21.8. The number of likely N-dealkylation sites (tertiary alicyclic amines) is 1. The minimum Gasteiger partial charge on any atom is -0.337 e. The Bertz CT molecular complexity index is 849. The van der Waals surface area contributed by atoms with Crippen molar-refractivity contribution in [3.05, 3.63) is 72.4 Å². The number of hydrogen-bond donors (Lipinski definition) is 0. The van der Waals surface area contributed by atoms with E-state index in [9.17, 15) is 4.79 Å².